The molecule has 0 bridgehead atoms. The molecule has 2 rings (SSSR count). The molecule has 1 amide bonds. The van der Waals surface area contributed by atoms with Crippen LogP contribution in [0.1, 0.15) is 31.7 Å². The summed E-state index contributed by atoms with van der Waals surface area (Å²) in [5, 5.41) is 11.6. The fourth-order valence-corrected chi connectivity index (χ4v) is 2.30. The van der Waals surface area contributed by atoms with Crippen molar-refractivity contribution in [3.63, 3.8) is 0 Å². The second-order valence-electron chi connectivity index (χ2n) is 5.25. The van der Waals surface area contributed by atoms with Gasteiger partial charge in [-0.05, 0) is 37.8 Å². The fourth-order valence-electron chi connectivity index (χ4n) is 2.30. The van der Waals surface area contributed by atoms with Crippen LogP contribution in [0.25, 0.3) is 0 Å². The highest BCUT2D eigenvalue weighted by Crippen LogP contribution is 2.21. The van der Waals surface area contributed by atoms with Crippen LogP contribution in [0.15, 0.2) is 36.4 Å². The number of nitriles is 1. The topological polar surface area (TPSA) is 79.2 Å². The van der Waals surface area contributed by atoms with Gasteiger partial charge in [-0.25, -0.2) is 0 Å². The lowest BCUT2D eigenvalue weighted by Gasteiger charge is -2.15. The van der Waals surface area contributed by atoms with Gasteiger partial charge in [0.25, 0.3) is 5.91 Å². The molecule has 0 heterocycles. The molecule has 1 aromatic rings. The molecular weight excluding hydrogens is 280 g/mol. The number of esters is 1. The zero-order valence-electron chi connectivity index (χ0n) is 12.4. The zero-order valence-corrected chi connectivity index (χ0v) is 12.4. The van der Waals surface area contributed by atoms with E-state index in [0.717, 1.165) is 12.8 Å². The summed E-state index contributed by atoms with van der Waals surface area (Å²) in [6.45, 7) is 1.52. The second-order valence-corrected chi connectivity index (χ2v) is 5.25. The molecule has 5 nitrogen and oxygen atoms in total. The average Bonchev–Trinajstić information content (AvgIpc) is 3.00. The van der Waals surface area contributed by atoms with Crippen LogP contribution in [0.2, 0.25) is 0 Å². The fraction of sp³-hybridized carbons (Fsp3) is 0.353. The van der Waals surface area contributed by atoms with Crippen molar-refractivity contribution < 1.29 is 14.3 Å². The Bertz CT molecular complexity index is 631. The SMILES string of the molecule is C[C@H](OC(=O)C[C@@H]1C=CCC1)C(=O)Nc1ccccc1C#N. The van der Waals surface area contributed by atoms with Gasteiger partial charge in [-0.1, -0.05) is 24.3 Å². The van der Waals surface area contributed by atoms with Crippen LogP contribution in [0.4, 0.5) is 5.69 Å². The Hall–Kier alpha value is -2.61. The van der Waals surface area contributed by atoms with Crippen molar-refractivity contribution in [1.29, 1.82) is 5.26 Å². The molecular formula is C17H18N2O3. The van der Waals surface area contributed by atoms with Gasteiger partial charge in [-0.3, -0.25) is 9.59 Å². The summed E-state index contributed by atoms with van der Waals surface area (Å²) < 4.78 is 5.15. The van der Waals surface area contributed by atoms with Crippen LogP contribution >= 0.6 is 0 Å². The maximum Gasteiger partial charge on any atom is 0.307 e. The van der Waals surface area contributed by atoms with Crippen molar-refractivity contribution in [2.75, 3.05) is 5.32 Å². The van der Waals surface area contributed by atoms with E-state index in [-0.39, 0.29) is 11.9 Å². The van der Waals surface area contributed by atoms with Gasteiger partial charge in [0, 0.05) is 0 Å². The Morgan fingerprint density at radius 2 is 2.23 bits per heavy atom. The Kier molecular flexibility index (Phi) is 5.31. The smallest absolute Gasteiger partial charge is 0.307 e. The highest BCUT2D eigenvalue weighted by atomic mass is 16.5. The van der Waals surface area contributed by atoms with Gasteiger partial charge in [0.05, 0.1) is 17.7 Å². The van der Waals surface area contributed by atoms with Gasteiger partial charge in [-0.2, -0.15) is 5.26 Å². The first-order chi connectivity index (χ1) is 10.6. The van der Waals surface area contributed by atoms with Crippen molar-refractivity contribution in [1.82, 2.24) is 0 Å². The molecule has 0 saturated heterocycles. The van der Waals surface area contributed by atoms with Crippen LogP contribution in [0.5, 0.6) is 0 Å². The Labute approximate surface area is 129 Å². The first kappa shape index (κ1) is 15.8. The van der Waals surface area contributed by atoms with Crippen molar-refractivity contribution in [2.45, 2.75) is 32.3 Å². The minimum atomic E-state index is -0.898. The summed E-state index contributed by atoms with van der Waals surface area (Å²) in [6.07, 6.45) is 5.39. The summed E-state index contributed by atoms with van der Waals surface area (Å²) in [6, 6.07) is 8.68. The normalized spacial score (nSPS) is 17.5. The van der Waals surface area contributed by atoms with E-state index in [2.05, 4.69) is 5.32 Å². The number of amides is 1. The molecule has 0 radical (unpaired) electrons. The number of para-hydroxylation sites is 1. The van der Waals surface area contributed by atoms with E-state index < -0.39 is 12.0 Å². The summed E-state index contributed by atoms with van der Waals surface area (Å²) in [5.41, 5.74) is 0.780. The number of allylic oxidation sites excluding steroid dienone is 2. The highest BCUT2D eigenvalue weighted by Gasteiger charge is 2.21. The number of carbonyl (C=O) groups is 2. The molecule has 0 saturated carbocycles. The van der Waals surface area contributed by atoms with Crippen LogP contribution in [0, 0.1) is 17.2 Å². The number of hydrogen-bond acceptors (Lipinski definition) is 4. The predicted octanol–water partition coefficient (Wildman–Crippen LogP) is 2.78. The van der Waals surface area contributed by atoms with E-state index in [0.29, 0.717) is 17.7 Å². The number of anilines is 1. The van der Waals surface area contributed by atoms with Crippen molar-refractivity contribution in [3.8, 4) is 6.07 Å². The zero-order chi connectivity index (χ0) is 15.9. The van der Waals surface area contributed by atoms with Gasteiger partial charge >= 0.3 is 5.97 Å². The third-order valence-electron chi connectivity index (χ3n) is 3.52. The molecule has 1 N–H and O–H groups in total. The van der Waals surface area contributed by atoms with E-state index in [9.17, 15) is 9.59 Å². The van der Waals surface area contributed by atoms with Crippen molar-refractivity contribution in [3.05, 3.63) is 42.0 Å². The number of nitrogens with zero attached hydrogens (tertiary/aromatic N) is 1. The van der Waals surface area contributed by atoms with Gasteiger partial charge in [0.2, 0.25) is 0 Å². The minimum absolute atomic E-state index is 0.210. The molecule has 22 heavy (non-hydrogen) atoms. The van der Waals surface area contributed by atoms with Gasteiger partial charge < -0.3 is 10.1 Å². The lowest BCUT2D eigenvalue weighted by atomic mass is 10.1. The lowest BCUT2D eigenvalue weighted by Crippen LogP contribution is -2.30. The molecule has 1 aliphatic rings. The number of nitrogens with one attached hydrogen (secondary N) is 1. The molecule has 1 aromatic carbocycles. The maximum atomic E-state index is 12.0. The summed E-state index contributed by atoms with van der Waals surface area (Å²) in [4.78, 5) is 23.8. The number of benzene rings is 1. The van der Waals surface area contributed by atoms with E-state index in [1.54, 1.807) is 24.3 Å². The summed E-state index contributed by atoms with van der Waals surface area (Å²) in [5.74, 6) is -0.618. The number of hydrogen-bond donors (Lipinski definition) is 1. The van der Waals surface area contributed by atoms with Crippen LogP contribution in [-0.2, 0) is 14.3 Å². The predicted molar refractivity (Wildman–Crippen MR) is 81.8 cm³/mol. The molecule has 114 valence electrons. The van der Waals surface area contributed by atoms with Gasteiger partial charge in [0.15, 0.2) is 6.10 Å². The third-order valence-corrected chi connectivity index (χ3v) is 3.52. The first-order valence-corrected chi connectivity index (χ1v) is 7.26. The van der Waals surface area contributed by atoms with Crippen molar-refractivity contribution in [2.24, 2.45) is 5.92 Å². The second kappa shape index (κ2) is 7.41. The van der Waals surface area contributed by atoms with Gasteiger partial charge in [0.1, 0.15) is 6.07 Å². The number of ether oxygens (including phenoxy) is 1. The van der Waals surface area contributed by atoms with Crippen molar-refractivity contribution >= 4 is 17.6 Å². The molecule has 0 unspecified atom stereocenters. The molecule has 0 fully saturated rings. The highest BCUT2D eigenvalue weighted by molar-refractivity contribution is 5.96. The van der Waals surface area contributed by atoms with Crippen LogP contribution in [-0.4, -0.2) is 18.0 Å². The minimum Gasteiger partial charge on any atom is -0.453 e. The van der Waals surface area contributed by atoms with Gasteiger partial charge in [-0.15, -0.1) is 0 Å². The molecule has 1 aliphatic carbocycles. The van der Waals surface area contributed by atoms with Crippen LogP contribution < -0.4 is 5.32 Å². The number of carbonyl (C=O) groups excluding carboxylic acids is 2. The van der Waals surface area contributed by atoms with E-state index in [1.165, 1.54) is 6.92 Å². The summed E-state index contributed by atoms with van der Waals surface area (Å²) >= 11 is 0. The van der Waals surface area contributed by atoms with E-state index in [4.69, 9.17) is 10.00 Å². The number of rotatable bonds is 5. The monoisotopic (exact) mass is 298 g/mol. The lowest BCUT2D eigenvalue weighted by molar-refractivity contribution is -0.153. The first-order valence-electron chi connectivity index (χ1n) is 7.26. The Morgan fingerprint density at radius 1 is 1.45 bits per heavy atom. The van der Waals surface area contributed by atoms with E-state index >= 15 is 0 Å². The molecule has 0 spiro atoms. The Morgan fingerprint density at radius 3 is 2.91 bits per heavy atom. The molecule has 0 aromatic heterocycles. The molecule has 5 heteroatoms. The average molecular weight is 298 g/mol. The standard InChI is InChI=1S/C17H18N2O3/c1-12(22-16(20)10-13-6-2-3-7-13)17(21)19-15-9-5-4-8-14(15)11-18/h2,4-6,8-9,12-13H,3,7,10H2,1H3,(H,19,21)/t12-,13+/m0/s1. The third kappa shape index (κ3) is 4.19. The molecule has 2 atom stereocenters. The molecule has 0 aliphatic heterocycles. The van der Waals surface area contributed by atoms with E-state index in [1.807, 2.05) is 18.2 Å². The summed E-state index contributed by atoms with van der Waals surface area (Å²) in [7, 11) is 0. The maximum absolute atomic E-state index is 12.0. The largest absolute Gasteiger partial charge is 0.453 e. The Balaban J connectivity index is 1.87. The van der Waals surface area contributed by atoms with Crippen LogP contribution in [0.3, 0.4) is 0 Å². The quantitative estimate of drug-likeness (QED) is 0.669.